The highest BCUT2D eigenvalue weighted by Crippen LogP contribution is 2.10. The van der Waals surface area contributed by atoms with E-state index in [0.717, 1.165) is 11.6 Å². The summed E-state index contributed by atoms with van der Waals surface area (Å²) >= 11 is 0. The van der Waals surface area contributed by atoms with Gasteiger partial charge in [0.15, 0.2) is 5.82 Å². The first kappa shape index (κ1) is 10.3. The van der Waals surface area contributed by atoms with Crippen LogP contribution in [0.25, 0.3) is 0 Å². The number of aryl methyl sites for hydroxylation is 1. The highest BCUT2D eigenvalue weighted by molar-refractivity contribution is 5.46. The van der Waals surface area contributed by atoms with Gasteiger partial charge in [0, 0.05) is 13.1 Å². The third kappa shape index (κ3) is 2.44. The number of hydrogen-bond donors (Lipinski definition) is 2. The van der Waals surface area contributed by atoms with Crippen molar-refractivity contribution in [1.82, 2.24) is 20.1 Å². The van der Waals surface area contributed by atoms with Crippen LogP contribution in [0.1, 0.15) is 11.6 Å². The lowest BCUT2D eigenvalue weighted by Gasteiger charge is -2.06. The zero-order valence-electron chi connectivity index (χ0n) is 9.06. The smallest absolute Gasteiger partial charge is 0.213 e. The Hall–Kier alpha value is -2.18. The van der Waals surface area contributed by atoms with Gasteiger partial charge >= 0.3 is 0 Å². The first-order chi connectivity index (χ1) is 7.78. The second kappa shape index (κ2) is 4.56. The van der Waals surface area contributed by atoms with Crippen molar-refractivity contribution in [1.29, 1.82) is 0 Å². The van der Waals surface area contributed by atoms with Crippen LogP contribution in [0.4, 0.5) is 11.6 Å². The molecule has 0 aliphatic carbocycles. The van der Waals surface area contributed by atoms with Gasteiger partial charge in [-0.05, 0) is 6.92 Å². The monoisotopic (exact) mass is 220 g/mol. The van der Waals surface area contributed by atoms with Gasteiger partial charge in [0.05, 0.1) is 6.54 Å². The molecule has 2 aromatic rings. The van der Waals surface area contributed by atoms with Crippen LogP contribution in [-0.2, 0) is 6.54 Å². The second-order valence-electron chi connectivity index (χ2n) is 3.14. The van der Waals surface area contributed by atoms with Crippen molar-refractivity contribution in [3.05, 3.63) is 24.1 Å². The van der Waals surface area contributed by atoms with Gasteiger partial charge in [-0.2, -0.15) is 4.98 Å². The maximum atomic E-state index is 4.63. The molecule has 0 aliphatic heterocycles. The second-order valence-corrected chi connectivity index (χ2v) is 3.14. The van der Waals surface area contributed by atoms with Crippen LogP contribution >= 0.6 is 0 Å². The van der Waals surface area contributed by atoms with Crippen molar-refractivity contribution in [2.75, 3.05) is 17.7 Å². The number of nitrogens with one attached hydrogen (secondary N) is 2. The zero-order valence-corrected chi connectivity index (χ0v) is 9.06. The summed E-state index contributed by atoms with van der Waals surface area (Å²) in [6, 6.07) is 1.81. The Kier molecular flexibility index (Phi) is 2.95. The van der Waals surface area contributed by atoms with Crippen LogP contribution in [0.3, 0.4) is 0 Å². The van der Waals surface area contributed by atoms with Crippen LogP contribution in [-0.4, -0.2) is 27.2 Å². The lowest BCUT2D eigenvalue weighted by Crippen LogP contribution is -2.05. The molecule has 0 spiro atoms. The SMILES string of the molecule is CNc1cc(NCc2ncon2)nc(C)n1. The molecule has 0 amide bonds. The fourth-order valence-electron chi connectivity index (χ4n) is 1.23. The minimum atomic E-state index is 0.468. The van der Waals surface area contributed by atoms with Gasteiger partial charge in [-0.3, -0.25) is 0 Å². The van der Waals surface area contributed by atoms with E-state index in [2.05, 4.69) is 35.3 Å². The summed E-state index contributed by atoms with van der Waals surface area (Å²) in [5.41, 5.74) is 0. The Morgan fingerprint density at radius 1 is 1.31 bits per heavy atom. The molecule has 0 fully saturated rings. The molecule has 0 saturated carbocycles. The lowest BCUT2D eigenvalue weighted by molar-refractivity contribution is 0.411. The summed E-state index contributed by atoms with van der Waals surface area (Å²) in [4.78, 5) is 12.3. The van der Waals surface area contributed by atoms with Gasteiger partial charge in [0.1, 0.15) is 17.5 Å². The van der Waals surface area contributed by atoms with Crippen molar-refractivity contribution in [2.24, 2.45) is 0 Å². The summed E-state index contributed by atoms with van der Waals surface area (Å²) in [5.74, 6) is 2.77. The Morgan fingerprint density at radius 2 is 2.12 bits per heavy atom. The van der Waals surface area contributed by atoms with E-state index in [9.17, 15) is 0 Å². The van der Waals surface area contributed by atoms with Crippen molar-refractivity contribution < 1.29 is 4.52 Å². The van der Waals surface area contributed by atoms with Crippen LogP contribution in [0.15, 0.2) is 17.0 Å². The molecule has 84 valence electrons. The Morgan fingerprint density at radius 3 is 2.81 bits per heavy atom. The van der Waals surface area contributed by atoms with Gasteiger partial charge in [-0.25, -0.2) is 9.97 Å². The molecule has 2 heterocycles. The minimum absolute atomic E-state index is 0.468. The fourth-order valence-corrected chi connectivity index (χ4v) is 1.23. The summed E-state index contributed by atoms with van der Waals surface area (Å²) in [7, 11) is 1.81. The fraction of sp³-hybridized carbons (Fsp3) is 0.333. The largest absolute Gasteiger partial charge is 0.373 e. The highest BCUT2D eigenvalue weighted by Gasteiger charge is 2.02. The number of nitrogens with zero attached hydrogens (tertiary/aromatic N) is 4. The standard InChI is InChI=1S/C9H12N6O/c1-6-13-7(10-2)3-8(14-6)11-4-9-12-5-16-15-9/h3,5H,4H2,1-2H3,(H2,10,11,13,14). The molecule has 2 N–H and O–H groups in total. The number of aromatic nitrogens is 4. The molecule has 0 aliphatic rings. The molecule has 0 bridgehead atoms. The van der Waals surface area contributed by atoms with Gasteiger partial charge in [0.2, 0.25) is 6.39 Å². The van der Waals surface area contributed by atoms with Crippen LogP contribution in [0.2, 0.25) is 0 Å². The van der Waals surface area contributed by atoms with E-state index in [0.29, 0.717) is 18.2 Å². The molecule has 0 unspecified atom stereocenters. The third-order valence-corrected chi connectivity index (χ3v) is 1.93. The third-order valence-electron chi connectivity index (χ3n) is 1.93. The number of rotatable bonds is 4. The van der Waals surface area contributed by atoms with Crippen molar-refractivity contribution >= 4 is 11.6 Å². The highest BCUT2D eigenvalue weighted by atomic mass is 16.5. The maximum Gasteiger partial charge on any atom is 0.213 e. The first-order valence-electron chi connectivity index (χ1n) is 4.80. The summed E-state index contributed by atoms with van der Waals surface area (Å²) in [5, 5.41) is 9.74. The van der Waals surface area contributed by atoms with E-state index in [1.165, 1.54) is 6.39 Å². The molecule has 7 heteroatoms. The topological polar surface area (TPSA) is 88.8 Å². The predicted molar refractivity (Wildman–Crippen MR) is 57.9 cm³/mol. The molecule has 16 heavy (non-hydrogen) atoms. The van der Waals surface area contributed by atoms with E-state index >= 15 is 0 Å². The minimum Gasteiger partial charge on any atom is -0.373 e. The van der Waals surface area contributed by atoms with E-state index in [1.54, 1.807) is 0 Å². The Labute approximate surface area is 92.3 Å². The van der Waals surface area contributed by atoms with Crippen molar-refractivity contribution in [3.63, 3.8) is 0 Å². The molecule has 7 nitrogen and oxygen atoms in total. The van der Waals surface area contributed by atoms with Crippen molar-refractivity contribution in [3.8, 4) is 0 Å². The molecule has 2 rings (SSSR count). The molecule has 2 aromatic heterocycles. The maximum absolute atomic E-state index is 4.63. The average Bonchev–Trinajstić information content (AvgIpc) is 2.78. The Balaban J connectivity index is 2.06. The lowest BCUT2D eigenvalue weighted by atomic mass is 10.4. The average molecular weight is 220 g/mol. The van der Waals surface area contributed by atoms with E-state index in [4.69, 9.17) is 0 Å². The van der Waals surface area contributed by atoms with Crippen LogP contribution in [0.5, 0.6) is 0 Å². The van der Waals surface area contributed by atoms with Gasteiger partial charge < -0.3 is 15.2 Å². The zero-order chi connectivity index (χ0) is 11.4. The number of anilines is 2. The predicted octanol–water partition coefficient (Wildman–Crippen LogP) is 0.822. The van der Waals surface area contributed by atoms with E-state index < -0.39 is 0 Å². The van der Waals surface area contributed by atoms with E-state index in [1.807, 2.05) is 20.0 Å². The van der Waals surface area contributed by atoms with E-state index in [-0.39, 0.29) is 0 Å². The van der Waals surface area contributed by atoms with Crippen LogP contribution in [0, 0.1) is 6.92 Å². The molecular weight excluding hydrogens is 208 g/mol. The van der Waals surface area contributed by atoms with Gasteiger partial charge in [-0.1, -0.05) is 5.16 Å². The molecule has 0 aromatic carbocycles. The normalized spacial score (nSPS) is 10.1. The first-order valence-corrected chi connectivity index (χ1v) is 4.80. The molecule has 0 saturated heterocycles. The van der Waals surface area contributed by atoms with Gasteiger partial charge in [-0.15, -0.1) is 0 Å². The Bertz CT molecular complexity index is 455. The van der Waals surface area contributed by atoms with Gasteiger partial charge in [0.25, 0.3) is 0 Å². The van der Waals surface area contributed by atoms with Crippen molar-refractivity contribution in [2.45, 2.75) is 13.5 Å². The molecular formula is C9H12N6O. The summed E-state index contributed by atoms with van der Waals surface area (Å²) in [6.07, 6.45) is 1.29. The quantitative estimate of drug-likeness (QED) is 0.788. The summed E-state index contributed by atoms with van der Waals surface area (Å²) < 4.78 is 4.63. The summed E-state index contributed by atoms with van der Waals surface area (Å²) in [6.45, 7) is 2.30. The molecule has 0 radical (unpaired) electrons. The molecule has 0 atom stereocenters. The number of hydrogen-bond acceptors (Lipinski definition) is 7. The van der Waals surface area contributed by atoms with Crippen LogP contribution < -0.4 is 10.6 Å².